The first-order chi connectivity index (χ1) is 9.24. The predicted molar refractivity (Wildman–Crippen MR) is 73.9 cm³/mol. The Morgan fingerprint density at radius 3 is 2.45 bits per heavy atom. The second-order valence-corrected chi connectivity index (χ2v) is 7.79. The molecule has 1 aliphatic heterocycles. The van der Waals surface area contributed by atoms with Crippen molar-refractivity contribution in [2.45, 2.75) is 64.6 Å². The van der Waals surface area contributed by atoms with Crippen LogP contribution in [0.5, 0.6) is 0 Å². The Morgan fingerprint density at radius 1 is 1.15 bits per heavy atom. The Balaban J connectivity index is 2.02. The third kappa shape index (κ3) is 1.52. The molecule has 0 amide bonds. The number of aliphatic hydroxyl groups excluding tert-OH is 1. The molecule has 114 valence electrons. The molecule has 3 rings (SSSR count). The van der Waals surface area contributed by atoms with E-state index in [0.717, 1.165) is 19.3 Å². The normalized spacial score (nSPS) is 50.9. The summed E-state index contributed by atoms with van der Waals surface area (Å²) in [5.41, 5.74) is -1.73. The molecule has 0 aromatic rings. The second-order valence-electron chi connectivity index (χ2n) is 7.79. The summed E-state index contributed by atoms with van der Waals surface area (Å²) in [6.07, 6.45) is 3.17. The van der Waals surface area contributed by atoms with E-state index in [0.29, 0.717) is 19.4 Å². The lowest BCUT2D eigenvalue weighted by atomic mass is 9.50. The zero-order valence-corrected chi connectivity index (χ0v) is 12.7. The monoisotopic (exact) mass is 282 g/mol. The lowest BCUT2D eigenvalue weighted by Gasteiger charge is -2.58. The Kier molecular flexibility index (Phi) is 3.01. The SMILES string of the molecule is CC1(C)CC[C@H](O)[C@]2(C)[C@@H](C3CCOC3=O)CC[C@@]12O. The molecule has 5 atom stereocenters. The zero-order valence-electron chi connectivity index (χ0n) is 12.7. The largest absolute Gasteiger partial charge is 0.465 e. The number of aliphatic hydroxyl groups is 2. The summed E-state index contributed by atoms with van der Waals surface area (Å²) in [4.78, 5) is 12.0. The number of ether oxygens (including phenoxy) is 1. The average molecular weight is 282 g/mol. The summed E-state index contributed by atoms with van der Waals surface area (Å²) in [6, 6.07) is 0. The minimum Gasteiger partial charge on any atom is -0.465 e. The highest BCUT2D eigenvalue weighted by Gasteiger charge is 2.69. The van der Waals surface area contributed by atoms with Crippen LogP contribution in [0, 0.1) is 22.7 Å². The number of fused-ring (bicyclic) bond motifs is 1. The van der Waals surface area contributed by atoms with Gasteiger partial charge in [0.2, 0.25) is 0 Å². The first kappa shape index (κ1) is 14.3. The van der Waals surface area contributed by atoms with Crippen LogP contribution in [0.25, 0.3) is 0 Å². The molecule has 0 aromatic carbocycles. The standard InChI is InChI=1S/C16H26O4/c1-14(2)7-5-12(17)15(3)11(4-8-16(14,15)19)10-6-9-20-13(10)18/h10-12,17,19H,4-9H2,1-3H3/t10?,11-,12+,15+,16-/m1/s1. The number of esters is 1. The molecule has 3 fully saturated rings. The molecule has 0 bridgehead atoms. The van der Waals surface area contributed by atoms with E-state index in [1.807, 2.05) is 6.92 Å². The van der Waals surface area contributed by atoms with Gasteiger partial charge in [0.1, 0.15) is 0 Å². The van der Waals surface area contributed by atoms with Gasteiger partial charge in [-0.15, -0.1) is 0 Å². The minimum atomic E-state index is -0.898. The van der Waals surface area contributed by atoms with E-state index >= 15 is 0 Å². The molecule has 1 heterocycles. The predicted octanol–water partition coefficient (Wildman–Crippen LogP) is 1.88. The third-order valence-electron chi connectivity index (χ3n) is 6.79. The number of hydrogen-bond acceptors (Lipinski definition) is 4. The first-order valence-corrected chi connectivity index (χ1v) is 7.81. The van der Waals surface area contributed by atoms with Crippen LogP contribution >= 0.6 is 0 Å². The molecule has 4 nitrogen and oxygen atoms in total. The van der Waals surface area contributed by atoms with Crippen LogP contribution < -0.4 is 0 Å². The fourth-order valence-electron chi connectivity index (χ4n) is 5.33. The first-order valence-electron chi connectivity index (χ1n) is 7.81. The van der Waals surface area contributed by atoms with Crippen LogP contribution in [0.3, 0.4) is 0 Å². The van der Waals surface area contributed by atoms with Gasteiger partial charge in [-0.05, 0) is 43.4 Å². The van der Waals surface area contributed by atoms with Gasteiger partial charge < -0.3 is 14.9 Å². The summed E-state index contributed by atoms with van der Waals surface area (Å²) in [5.74, 6) is -0.272. The van der Waals surface area contributed by atoms with E-state index in [2.05, 4.69) is 13.8 Å². The maximum Gasteiger partial charge on any atom is 0.309 e. The van der Waals surface area contributed by atoms with Crippen molar-refractivity contribution in [1.29, 1.82) is 0 Å². The van der Waals surface area contributed by atoms with Crippen LogP contribution in [-0.2, 0) is 9.53 Å². The number of cyclic esters (lactones) is 1. The Morgan fingerprint density at radius 2 is 1.85 bits per heavy atom. The van der Waals surface area contributed by atoms with E-state index in [-0.39, 0.29) is 23.2 Å². The molecule has 20 heavy (non-hydrogen) atoms. The fraction of sp³-hybridized carbons (Fsp3) is 0.938. The van der Waals surface area contributed by atoms with Crippen molar-refractivity contribution in [2.24, 2.45) is 22.7 Å². The third-order valence-corrected chi connectivity index (χ3v) is 6.79. The topological polar surface area (TPSA) is 66.8 Å². The van der Waals surface area contributed by atoms with Gasteiger partial charge in [-0.2, -0.15) is 0 Å². The van der Waals surface area contributed by atoms with Crippen molar-refractivity contribution < 1.29 is 19.7 Å². The van der Waals surface area contributed by atoms with Crippen LogP contribution in [0.1, 0.15) is 52.9 Å². The highest BCUT2D eigenvalue weighted by atomic mass is 16.5. The van der Waals surface area contributed by atoms with E-state index in [1.165, 1.54) is 0 Å². The van der Waals surface area contributed by atoms with E-state index in [1.54, 1.807) is 0 Å². The lowest BCUT2D eigenvalue weighted by Crippen LogP contribution is -2.64. The minimum absolute atomic E-state index is 0.0251. The second kappa shape index (κ2) is 4.20. The van der Waals surface area contributed by atoms with E-state index in [4.69, 9.17) is 4.74 Å². The number of carbonyl (C=O) groups excluding carboxylic acids is 1. The molecule has 2 N–H and O–H groups in total. The van der Waals surface area contributed by atoms with Gasteiger partial charge in [-0.25, -0.2) is 0 Å². The Hall–Kier alpha value is -0.610. The molecule has 1 saturated heterocycles. The van der Waals surface area contributed by atoms with E-state index < -0.39 is 17.1 Å². The average Bonchev–Trinajstić information content (AvgIpc) is 2.90. The fourth-order valence-corrected chi connectivity index (χ4v) is 5.33. The van der Waals surface area contributed by atoms with Crippen LogP contribution in [0.2, 0.25) is 0 Å². The van der Waals surface area contributed by atoms with Crippen molar-refractivity contribution in [3.63, 3.8) is 0 Å². The van der Waals surface area contributed by atoms with Crippen molar-refractivity contribution in [1.82, 2.24) is 0 Å². The lowest BCUT2D eigenvalue weighted by molar-refractivity contribution is -0.224. The molecule has 1 unspecified atom stereocenters. The Labute approximate surface area is 120 Å². The van der Waals surface area contributed by atoms with Crippen molar-refractivity contribution in [3.8, 4) is 0 Å². The smallest absolute Gasteiger partial charge is 0.309 e. The summed E-state index contributed by atoms with van der Waals surface area (Å²) < 4.78 is 5.12. The van der Waals surface area contributed by atoms with Gasteiger partial charge in [-0.3, -0.25) is 4.79 Å². The summed E-state index contributed by atoms with van der Waals surface area (Å²) in [5, 5.41) is 22.0. The molecular formula is C16H26O4. The molecule has 0 spiro atoms. The molecule has 4 heteroatoms. The quantitative estimate of drug-likeness (QED) is 0.721. The zero-order chi connectivity index (χ0) is 14.8. The Bertz CT molecular complexity index is 432. The summed E-state index contributed by atoms with van der Waals surface area (Å²) in [7, 11) is 0. The highest BCUT2D eigenvalue weighted by molar-refractivity contribution is 5.74. The van der Waals surface area contributed by atoms with Gasteiger partial charge >= 0.3 is 5.97 Å². The van der Waals surface area contributed by atoms with Crippen molar-refractivity contribution in [3.05, 3.63) is 0 Å². The summed E-state index contributed by atoms with van der Waals surface area (Å²) in [6.45, 7) is 6.65. The maximum absolute atomic E-state index is 12.0. The number of carbonyl (C=O) groups is 1. The molecule has 0 aromatic heterocycles. The molecule has 0 radical (unpaired) electrons. The molecule has 2 saturated carbocycles. The van der Waals surface area contributed by atoms with Gasteiger partial charge in [0, 0.05) is 5.41 Å². The van der Waals surface area contributed by atoms with Gasteiger partial charge in [-0.1, -0.05) is 20.8 Å². The van der Waals surface area contributed by atoms with Crippen LogP contribution in [0.4, 0.5) is 0 Å². The number of rotatable bonds is 1. The van der Waals surface area contributed by atoms with Crippen molar-refractivity contribution >= 4 is 5.97 Å². The maximum atomic E-state index is 12.0. The van der Waals surface area contributed by atoms with E-state index in [9.17, 15) is 15.0 Å². The highest BCUT2D eigenvalue weighted by Crippen LogP contribution is 2.66. The van der Waals surface area contributed by atoms with Gasteiger partial charge in [0.15, 0.2) is 0 Å². The van der Waals surface area contributed by atoms with Crippen LogP contribution in [0.15, 0.2) is 0 Å². The molecular weight excluding hydrogens is 256 g/mol. The molecule has 3 aliphatic rings. The van der Waals surface area contributed by atoms with Gasteiger partial charge in [0.05, 0.1) is 24.2 Å². The molecule has 2 aliphatic carbocycles. The van der Waals surface area contributed by atoms with Crippen molar-refractivity contribution in [2.75, 3.05) is 6.61 Å². The summed E-state index contributed by atoms with van der Waals surface area (Å²) >= 11 is 0. The van der Waals surface area contributed by atoms with Crippen LogP contribution in [-0.4, -0.2) is 34.5 Å². The number of hydrogen-bond donors (Lipinski definition) is 2. The van der Waals surface area contributed by atoms with Gasteiger partial charge in [0.25, 0.3) is 0 Å².